The minimum Gasteiger partial charge on any atom is -0.276 e. The first kappa shape index (κ1) is 16.1. The summed E-state index contributed by atoms with van der Waals surface area (Å²) in [4.78, 5) is 0. The van der Waals surface area contributed by atoms with Gasteiger partial charge in [-0.05, 0) is 6.07 Å². The van der Waals surface area contributed by atoms with Crippen molar-refractivity contribution in [1.29, 1.82) is 0 Å². The summed E-state index contributed by atoms with van der Waals surface area (Å²) >= 11 is 0. The van der Waals surface area contributed by atoms with Gasteiger partial charge in [-0.2, -0.15) is 5.10 Å². The van der Waals surface area contributed by atoms with E-state index in [2.05, 4.69) is 5.10 Å². The highest BCUT2D eigenvalue weighted by Gasteiger charge is 1.69. The second kappa shape index (κ2) is 11.1. The van der Waals surface area contributed by atoms with E-state index in [0.717, 1.165) is 0 Å². The lowest BCUT2D eigenvalue weighted by Gasteiger charge is -1.77. The monoisotopic (exact) mass is 144 g/mol. The minimum absolute atomic E-state index is 0. The zero-order valence-corrected chi connectivity index (χ0v) is 5.63. The lowest BCUT2D eigenvalue weighted by atomic mass is 10.8. The van der Waals surface area contributed by atoms with E-state index in [-0.39, 0.29) is 14.9 Å². The van der Waals surface area contributed by atoms with Gasteiger partial charge in [-0.1, -0.05) is 28.7 Å². The fourth-order valence-electron chi connectivity index (χ4n) is 0.345. The number of hydrogen-bond donors (Lipinski definition) is 0. The van der Waals surface area contributed by atoms with Gasteiger partial charge in [0.15, 0.2) is 0 Å². The molecule has 1 heterocycles. The average molecular weight is 144 g/mol. The number of aryl methyl sites for hydroxylation is 1. The second-order valence-corrected chi connectivity index (χ2v) is 1.18. The van der Waals surface area contributed by atoms with E-state index < -0.39 is 0 Å². The molecule has 1 rings (SSSR count). The van der Waals surface area contributed by atoms with Crippen LogP contribution in [0, 0.1) is 0 Å². The van der Waals surface area contributed by atoms with Crippen LogP contribution in [0.2, 0.25) is 0 Å². The molecule has 2 nitrogen and oxygen atoms in total. The quantitative estimate of drug-likeness (QED) is 0.547. The molecule has 62 valence electrons. The first-order valence-corrected chi connectivity index (χ1v) is 2.83. The van der Waals surface area contributed by atoms with Gasteiger partial charge in [0.2, 0.25) is 0 Å². The van der Waals surface area contributed by atoms with Crippen molar-refractivity contribution in [3.8, 4) is 0 Å². The fourth-order valence-corrected chi connectivity index (χ4v) is 0.345. The smallest absolute Gasteiger partial charge is 0.0489 e. The SMILES string of the molecule is C.C.CC.Cn1cccn1. The van der Waals surface area contributed by atoms with Crippen LogP contribution in [-0.2, 0) is 7.05 Å². The molecule has 0 aromatic carbocycles. The van der Waals surface area contributed by atoms with E-state index >= 15 is 0 Å². The molecule has 2 heteroatoms. The van der Waals surface area contributed by atoms with Crippen LogP contribution in [0.1, 0.15) is 28.7 Å². The molecule has 10 heavy (non-hydrogen) atoms. The van der Waals surface area contributed by atoms with Crippen molar-refractivity contribution < 1.29 is 0 Å². The van der Waals surface area contributed by atoms with E-state index in [4.69, 9.17) is 0 Å². The van der Waals surface area contributed by atoms with Gasteiger partial charge in [0, 0.05) is 19.4 Å². The predicted molar refractivity (Wildman–Crippen MR) is 48.0 cm³/mol. The van der Waals surface area contributed by atoms with Crippen molar-refractivity contribution in [3.05, 3.63) is 18.5 Å². The highest BCUT2D eigenvalue weighted by atomic mass is 15.2. The third kappa shape index (κ3) is 7.21. The Bertz CT molecular complexity index is 111. The van der Waals surface area contributed by atoms with Crippen LogP contribution in [0.5, 0.6) is 0 Å². The minimum atomic E-state index is 0. The maximum Gasteiger partial charge on any atom is 0.0489 e. The van der Waals surface area contributed by atoms with Crippen molar-refractivity contribution in [2.24, 2.45) is 7.05 Å². The van der Waals surface area contributed by atoms with Gasteiger partial charge in [-0.15, -0.1) is 0 Å². The first-order valence-electron chi connectivity index (χ1n) is 2.83. The zero-order valence-electron chi connectivity index (χ0n) is 5.63. The Kier molecular flexibility index (Phi) is 17.8. The number of rotatable bonds is 0. The molecule has 0 aliphatic carbocycles. The van der Waals surface area contributed by atoms with Gasteiger partial charge in [-0.3, -0.25) is 4.68 Å². The summed E-state index contributed by atoms with van der Waals surface area (Å²) in [6.45, 7) is 4.00. The molecule has 0 atom stereocenters. The third-order valence-electron chi connectivity index (χ3n) is 0.637. The molecular formula is C8H20N2. The van der Waals surface area contributed by atoms with Gasteiger partial charge < -0.3 is 0 Å². The number of hydrogen-bond acceptors (Lipinski definition) is 1. The molecule has 0 amide bonds. The Balaban J connectivity index is -0.000000114. The standard InChI is InChI=1S/C4H6N2.C2H6.2CH4/c1-6-4-2-3-5-6;1-2;;/h2-4H,1H3;1-2H3;2*1H4. The Labute approximate surface area is 64.9 Å². The van der Waals surface area contributed by atoms with Crippen molar-refractivity contribution in [3.63, 3.8) is 0 Å². The number of aromatic nitrogens is 2. The van der Waals surface area contributed by atoms with Gasteiger partial charge >= 0.3 is 0 Å². The van der Waals surface area contributed by atoms with Gasteiger partial charge in [0.05, 0.1) is 0 Å². The summed E-state index contributed by atoms with van der Waals surface area (Å²) in [5, 5.41) is 3.83. The molecule has 0 N–H and O–H groups in total. The molecule has 0 saturated heterocycles. The normalized spacial score (nSPS) is 5.90. The zero-order chi connectivity index (χ0) is 6.41. The van der Waals surface area contributed by atoms with Crippen LogP contribution in [0.3, 0.4) is 0 Å². The molecule has 1 aromatic heterocycles. The van der Waals surface area contributed by atoms with E-state index in [1.54, 1.807) is 10.9 Å². The Morgan fingerprint density at radius 3 is 1.80 bits per heavy atom. The number of nitrogens with zero attached hydrogens (tertiary/aromatic N) is 2. The first-order chi connectivity index (χ1) is 3.89. The van der Waals surface area contributed by atoms with Crippen molar-refractivity contribution in [2.45, 2.75) is 28.7 Å². The summed E-state index contributed by atoms with van der Waals surface area (Å²) in [6, 6.07) is 1.89. The molecule has 0 aliphatic rings. The van der Waals surface area contributed by atoms with E-state index in [1.165, 1.54) is 0 Å². The Hall–Kier alpha value is -0.790. The van der Waals surface area contributed by atoms with E-state index in [9.17, 15) is 0 Å². The van der Waals surface area contributed by atoms with E-state index in [1.807, 2.05) is 33.2 Å². The van der Waals surface area contributed by atoms with Crippen molar-refractivity contribution in [1.82, 2.24) is 9.78 Å². The molecule has 1 aromatic rings. The van der Waals surface area contributed by atoms with Crippen LogP contribution in [0.25, 0.3) is 0 Å². The van der Waals surface area contributed by atoms with Crippen LogP contribution >= 0.6 is 0 Å². The summed E-state index contributed by atoms with van der Waals surface area (Å²) in [7, 11) is 1.89. The highest BCUT2D eigenvalue weighted by molar-refractivity contribution is 4.75. The maximum atomic E-state index is 3.83. The molecule has 0 spiro atoms. The average Bonchev–Trinajstić information content (AvgIpc) is 2.24. The van der Waals surface area contributed by atoms with E-state index in [0.29, 0.717) is 0 Å². The topological polar surface area (TPSA) is 17.8 Å². The summed E-state index contributed by atoms with van der Waals surface area (Å²) in [5.74, 6) is 0. The summed E-state index contributed by atoms with van der Waals surface area (Å²) in [5.41, 5.74) is 0. The van der Waals surface area contributed by atoms with Crippen LogP contribution in [0.4, 0.5) is 0 Å². The summed E-state index contributed by atoms with van der Waals surface area (Å²) < 4.78 is 1.75. The molecule has 0 unspecified atom stereocenters. The summed E-state index contributed by atoms with van der Waals surface area (Å²) in [6.07, 6.45) is 3.64. The molecule has 0 aliphatic heterocycles. The molecule has 0 saturated carbocycles. The van der Waals surface area contributed by atoms with Crippen LogP contribution in [0.15, 0.2) is 18.5 Å². The molecular weight excluding hydrogens is 124 g/mol. The largest absolute Gasteiger partial charge is 0.276 e. The van der Waals surface area contributed by atoms with Gasteiger partial charge in [0.25, 0.3) is 0 Å². The second-order valence-electron chi connectivity index (χ2n) is 1.18. The van der Waals surface area contributed by atoms with Gasteiger partial charge in [-0.25, -0.2) is 0 Å². The maximum absolute atomic E-state index is 3.83. The van der Waals surface area contributed by atoms with Crippen molar-refractivity contribution >= 4 is 0 Å². The van der Waals surface area contributed by atoms with Crippen molar-refractivity contribution in [2.75, 3.05) is 0 Å². The van der Waals surface area contributed by atoms with Crippen LogP contribution < -0.4 is 0 Å². The molecule has 0 bridgehead atoms. The van der Waals surface area contributed by atoms with Crippen LogP contribution in [-0.4, -0.2) is 9.78 Å². The fraction of sp³-hybridized carbons (Fsp3) is 0.625. The predicted octanol–water partition coefficient (Wildman–Crippen LogP) is 2.72. The third-order valence-corrected chi connectivity index (χ3v) is 0.637. The highest BCUT2D eigenvalue weighted by Crippen LogP contribution is 1.73. The molecule has 0 radical (unpaired) electrons. The Morgan fingerprint density at radius 1 is 1.20 bits per heavy atom. The van der Waals surface area contributed by atoms with Gasteiger partial charge in [0.1, 0.15) is 0 Å². The molecule has 0 fully saturated rings. The lowest BCUT2D eigenvalue weighted by molar-refractivity contribution is 0.768. The lowest BCUT2D eigenvalue weighted by Crippen LogP contribution is -1.83. The Morgan fingerprint density at radius 2 is 1.70 bits per heavy atom.